The van der Waals surface area contributed by atoms with E-state index in [0.717, 1.165) is 25.0 Å². The summed E-state index contributed by atoms with van der Waals surface area (Å²) in [5.74, 6) is 0.854. The Morgan fingerprint density at radius 3 is 2.43 bits per heavy atom. The smallest absolute Gasteiger partial charge is 0.251 e. The zero-order valence-electron chi connectivity index (χ0n) is 13.9. The molecule has 1 aromatic rings. The van der Waals surface area contributed by atoms with E-state index in [1.165, 1.54) is 12.8 Å². The van der Waals surface area contributed by atoms with E-state index in [0.29, 0.717) is 23.7 Å². The van der Waals surface area contributed by atoms with Crippen LogP contribution in [0.5, 0.6) is 5.75 Å². The highest BCUT2D eigenvalue weighted by atomic mass is 35.5. The number of ether oxygens (including phenoxy) is 1. The summed E-state index contributed by atoms with van der Waals surface area (Å²) in [5, 5.41) is 6.78. The molecule has 0 saturated carbocycles. The number of hydrogen-bond donors (Lipinski definition) is 2. The first-order valence-electron chi connectivity index (χ1n) is 8.47. The van der Waals surface area contributed by atoms with Gasteiger partial charge < -0.3 is 15.4 Å². The van der Waals surface area contributed by atoms with Crippen LogP contribution in [0, 0.1) is 0 Å². The van der Waals surface area contributed by atoms with E-state index in [-0.39, 0.29) is 24.4 Å². The van der Waals surface area contributed by atoms with Gasteiger partial charge in [0.2, 0.25) is 0 Å². The number of piperidine rings is 1. The molecule has 0 aromatic heterocycles. The molecule has 23 heavy (non-hydrogen) atoms. The highest BCUT2D eigenvalue weighted by molar-refractivity contribution is 5.94. The molecule has 2 bridgehead atoms. The van der Waals surface area contributed by atoms with Crippen LogP contribution in [-0.2, 0) is 0 Å². The Bertz CT molecular complexity index is 508. The van der Waals surface area contributed by atoms with Gasteiger partial charge in [-0.05, 0) is 63.3 Å². The van der Waals surface area contributed by atoms with E-state index in [1.54, 1.807) is 0 Å². The number of halogens is 1. The lowest BCUT2D eigenvalue weighted by atomic mass is 9.99. The highest BCUT2D eigenvalue weighted by Crippen LogP contribution is 2.27. The summed E-state index contributed by atoms with van der Waals surface area (Å²) in [6.07, 6.45) is 5.77. The van der Waals surface area contributed by atoms with Crippen molar-refractivity contribution in [3.8, 4) is 5.75 Å². The van der Waals surface area contributed by atoms with Gasteiger partial charge in [0.1, 0.15) is 5.75 Å². The quantitative estimate of drug-likeness (QED) is 0.866. The summed E-state index contributed by atoms with van der Waals surface area (Å²) >= 11 is 0. The molecular weight excluding hydrogens is 312 g/mol. The molecule has 2 heterocycles. The third kappa shape index (κ3) is 4.61. The zero-order chi connectivity index (χ0) is 15.5. The van der Waals surface area contributed by atoms with Gasteiger partial charge >= 0.3 is 0 Å². The molecule has 0 aliphatic carbocycles. The van der Waals surface area contributed by atoms with E-state index < -0.39 is 0 Å². The van der Waals surface area contributed by atoms with Crippen molar-refractivity contribution in [1.82, 2.24) is 10.6 Å². The van der Waals surface area contributed by atoms with Gasteiger partial charge in [-0.1, -0.05) is 6.92 Å². The van der Waals surface area contributed by atoms with Gasteiger partial charge in [0.15, 0.2) is 0 Å². The fraction of sp³-hybridized carbons (Fsp3) is 0.611. The predicted molar refractivity (Wildman–Crippen MR) is 94.5 cm³/mol. The third-order valence-electron chi connectivity index (χ3n) is 4.84. The van der Waals surface area contributed by atoms with Crippen molar-refractivity contribution in [2.45, 2.75) is 70.2 Å². The van der Waals surface area contributed by atoms with E-state index in [1.807, 2.05) is 31.2 Å². The molecule has 3 rings (SSSR count). The standard InChI is InChI=1S/C18H26N2O2.ClH/c1-3-12(2)22-17-8-4-13(5-9-17)18(21)20-16-10-14-6-7-15(11-16)19-14;/h4-5,8-9,12,14-16,19H,3,6-7,10-11H2,1-2H3,(H,20,21);1H. The van der Waals surface area contributed by atoms with E-state index in [9.17, 15) is 4.79 Å². The maximum atomic E-state index is 12.4. The SMILES string of the molecule is CCC(C)Oc1ccc(C(=O)NC2CC3CCC(C2)N3)cc1.Cl. The summed E-state index contributed by atoms with van der Waals surface area (Å²) < 4.78 is 5.74. The Hall–Kier alpha value is -1.26. The van der Waals surface area contributed by atoms with Crippen molar-refractivity contribution in [2.24, 2.45) is 0 Å². The molecule has 0 radical (unpaired) electrons. The maximum Gasteiger partial charge on any atom is 0.251 e. The molecule has 3 atom stereocenters. The van der Waals surface area contributed by atoms with Crippen LogP contribution < -0.4 is 15.4 Å². The molecule has 2 saturated heterocycles. The average Bonchev–Trinajstić information content (AvgIpc) is 2.86. The van der Waals surface area contributed by atoms with Crippen LogP contribution in [0.25, 0.3) is 0 Å². The molecule has 2 aliphatic rings. The van der Waals surface area contributed by atoms with Crippen molar-refractivity contribution in [2.75, 3.05) is 0 Å². The Morgan fingerprint density at radius 2 is 1.87 bits per heavy atom. The molecule has 4 nitrogen and oxygen atoms in total. The van der Waals surface area contributed by atoms with Crippen LogP contribution in [0.1, 0.15) is 56.3 Å². The summed E-state index contributed by atoms with van der Waals surface area (Å²) in [4.78, 5) is 12.4. The Kier molecular flexibility index (Phi) is 6.31. The highest BCUT2D eigenvalue weighted by Gasteiger charge is 2.34. The van der Waals surface area contributed by atoms with Crippen molar-refractivity contribution >= 4 is 18.3 Å². The fourth-order valence-corrected chi connectivity index (χ4v) is 3.44. The number of nitrogens with one attached hydrogen (secondary N) is 2. The lowest BCUT2D eigenvalue weighted by Gasteiger charge is -2.29. The minimum atomic E-state index is 0. The lowest BCUT2D eigenvalue weighted by molar-refractivity contribution is 0.0924. The molecule has 5 heteroatoms. The van der Waals surface area contributed by atoms with Gasteiger partial charge in [-0.2, -0.15) is 0 Å². The first kappa shape index (κ1) is 18.1. The van der Waals surface area contributed by atoms with Gasteiger partial charge in [-0.3, -0.25) is 4.79 Å². The molecule has 1 aromatic carbocycles. The second-order valence-electron chi connectivity index (χ2n) is 6.64. The average molecular weight is 339 g/mol. The summed E-state index contributed by atoms with van der Waals surface area (Å²) in [5.41, 5.74) is 0.711. The van der Waals surface area contributed by atoms with Crippen LogP contribution in [0.2, 0.25) is 0 Å². The van der Waals surface area contributed by atoms with E-state index in [2.05, 4.69) is 17.6 Å². The monoisotopic (exact) mass is 338 g/mol. The van der Waals surface area contributed by atoms with Gasteiger partial charge in [0, 0.05) is 23.7 Å². The van der Waals surface area contributed by atoms with E-state index >= 15 is 0 Å². The number of hydrogen-bond acceptors (Lipinski definition) is 3. The zero-order valence-corrected chi connectivity index (χ0v) is 14.7. The lowest BCUT2D eigenvalue weighted by Crippen LogP contribution is -2.48. The number of rotatable bonds is 5. The topological polar surface area (TPSA) is 50.4 Å². The van der Waals surface area contributed by atoms with Crippen molar-refractivity contribution in [1.29, 1.82) is 0 Å². The minimum absolute atomic E-state index is 0. The van der Waals surface area contributed by atoms with Crippen LogP contribution in [0.3, 0.4) is 0 Å². The molecule has 128 valence electrons. The number of amides is 1. The molecule has 2 fully saturated rings. The van der Waals surface area contributed by atoms with Gasteiger partial charge in [0.05, 0.1) is 6.10 Å². The van der Waals surface area contributed by atoms with Gasteiger partial charge in [0.25, 0.3) is 5.91 Å². The molecule has 0 spiro atoms. The van der Waals surface area contributed by atoms with Gasteiger partial charge in [-0.25, -0.2) is 0 Å². The predicted octanol–water partition coefficient (Wildman–Crippen LogP) is 3.30. The Labute approximate surface area is 144 Å². The maximum absolute atomic E-state index is 12.4. The van der Waals surface area contributed by atoms with Crippen molar-refractivity contribution in [3.63, 3.8) is 0 Å². The Balaban J connectivity index is 0.00000192. The van der Waals surface area contributed by atoms with Crippen molar-refractivity contribution in [3.05, 3.63) is 29.8 Å². The molecule has 1 amide bonds. The van der Waals surface area contributed by atoms with Crippen LogP contribution >= 0.6 is 12.4 Å². The second kappa shape index (κ2) is 8.02. The van der Waals surface area contributed by atoms with E-state index in [4.69, 9.17) is 4.74 Å². The largest absolute Gasteiger partial charge is 0.491 e. The molecular formula is C18H27ClN2O2. The summed E-state index contributed by atoms with van der Waals surface area (Å²) in [6, 6.07) is 8.96. The fourth-order valence-electron chi connectivity index (χ4n) is 3.44. The van der Waals surface area contributed by atoms with Crippen LogP contribution in [0.15, 0.2) is 24.3 Å². The number of fused-ring (bicyclic) bond motifs is 2. The van der Waals surface area contributed by atoms with Crippen molar-refractivity contribution < 1.29 is 9.53 Å². The van der Waals surface area contributed by atoms with Gasteiger partial charge in [-0.15, -0.1) is 12.4 Å². The summed E-state index contributed by atoms with van der Waals surface area (Å²) in [7, 11) is 0. The normalized spacial score (nSPS) is 27.0. The van der Waals surface area contributed by atoms with Crippen LogP contribution in [-0.4, -0.2) is 30.1 Å². The molecule has 2 N–H and O–H groups in total. The first-order chi connectivity index (χ1) is 10.6. The summed E-state index contributed by atoms with van der Waals surface area (Å²) in [6.45, 7) is 4.14. The first-order valence-corrected chi connectivity index (χ1v) is 8.47. The minimum Gasteiger partial charge on any atom is -0.491 e. The number of carbonyl (C=O) groups is 1. The van der Waals surface area contributed by atoms with Crippen LogP contribution in [0.4, 0.5) is 0 Å². The second-order valence-corrected chi connectivity index (χ2v) is 6.64. The molecule has 3 unspecified atom stereocenters. The molecule has 2 aliphatic heterocycles. The number of carbonyl (C=O) groups excluding carboxylic acids is 1. The Morgan fingerprint density at radius 1 is 1.26 bits per heavy atom. The third-order valence-corrected chi connectivity index (χ3v) is 4.84. The number of benzene rings is 1.